The van der Waals surface area contributed by atoms with Gasteiger partial charge < -0.3 is 19.9 Å². The van der Waals surface area contributed by atoms with Crippen molar-refractivity contribution < 1.29 is 9.53 Å². The Hall–Kier alpha value is -1.76. The van der Waals surface area contributed by atoms with Crippen LogP contribution in [0.1, 0.15) is 12.8 Å². The van der Waals surface area contributed by atoms with Crippen molar-refractivity contribution in [3.8, 4) is 5.75 Å². The first kappa shape index (κ1) is 21.3. The van der Waals surface area contributed by atoms with E-state index < -0.39 is 0 Å². The molecule has 138 valence electrons. The molecule has 0 aliphatic heterocycles. The summed E-state index contributed by atoms with van der Waals surface area (Å²) >= 11 is 0. The molecular formula is C17H24Cl2N4O2. The van der Waals surface area contributed by atoms with E-state index in [-0.39, 0.29) is 30.7 Å². The molecule has 0 atom stereocenters. The lowest BCUT2D eigenvalue weighted by molar-refractivity contribution is -0.115. The second-order valence-corrected chi connectivity index (χ2v) is 5.77. The van der Waals surface area contributed by atoms with Crippen LogP contribution in [0.3, 0.4) is 0 Å². The van der Waals surface area contributed by atoms with Crippen LogP contribution in [0.4, 0.5) is 5.69 Å². The van der Waals surface area contributed by atoms with Gasteiger partial charge in [-0.2, -0.15) is 0 Å². The van der Waals surface area contributed by atoms with Crippen LogP contribution in [0.5, 0.6) is 5.75 Å². The maximum Gasteiger partial charge on any atom is 0.238 e. The zero-order chi connectivity index (χ0) is 15.9. The predicted octanol–water partition coefficient (Wildman–Crippen LogP) is 2.74. The van der Waals surface area contributed by atoms with Gasteiger partial charge in [-0.05, 0) is 37.4 Å². The van der Waals surface area contributed by atoms with E-state index in [9.17, 15) is 4.79 Å². The molecule has 1 aliphatic rings. The summed E-state index contributed by atoms with van der Waals surface area (Å²) in [6, 6.07) is 7.50. The lowest BCUT2D eigenvalue weighted by atomic mass is 10.3. The van der Waals surface area contributed by atoms with Crippen molar-refractivity contribution in [3.05, 3.63) is 43.0 Å². The molecule has 0 bridgehead atoms. The van der Waals surface area contributed by atoms with Crippen molar-refractivity contribution >= 4 is 36.4 Å². The lowest BCUT2D eigenvalue weighted by Gasteiger charge is -2.13. The number of amides is 1. The number of nitrogens with zero attached hydrogens (tertiary/aromatic N) is 2. The molecule has 0 unspecified atom stereocenters. The van der Waals surface area contributed by atoms with Gasteiger partial charge in [0.1, 0.15) is 12.4 Å². The smallest absolute Gasteiger partial charge is 0.238 e. The van der Waals surface area contributed by atoms with E-state index in [1.165, 1.54) is 12.8 Å². The largest absolute Gasteiger partial charge is 0.490 e. The summed E-state index contributed by atoms with van der Waals surface area (Å²) in [7, 11) is 0. The van der Waals surface area contributed by atoms with Gasteiger partial charge in [0.2, 0.25) is 5.91 Å². The Morgan fingerprint density at radius 2 is 2.08 bits per heavy atom. The minimum atomic E-state index is -0.0451. The molecular weight excluding hydrogens is 363 g/mol. The molecule has 3 rings (SSSR count). The molecule has 1 saturated carbocycles. The molecule has 2 N–H and O–H groups in total. The number of benzene rings is 1. The molecule has 1 amide bonds. The van der Waals surface area contributed by atoms with Crippen LogP contribution in [0.15, 0.2) is 43.0 Å². The number of rotatable bonds is 9. The average Bonchev–Trinajstić information content (AvgIpc) is 3.22. The highest BCUT2D eigenvalue weighted by Crippen LogP contribution is 2.27. The van der Waals surface area contributed by atoms with Crippen LogP contribution < -0.4 is 15.4 Å². The molecule has 1 aliphatic carbocycles. The fourth-order valence-electron chi connectivity index (χ4n) is 2.28. The Morgan fingerprint density at radius 3 is 2.80 bits per heavy atom. The molecule has 8 heteroatoms. The first-order chi connectivity index (χ1) is 11.3. The zero-order valence-electron chi connectivity index (χ0n) is 13.9. The number of halogens is 2. The Labute approximate surface area is 160 Å². The first-order valence-electron chi connectivity index (χ1n) is 7.99. The second kappa shape index (κ2) is 11.0. The third kappa shape index (κ3) is 7.34. The number of carbonyl (C=O) groups is 1. The molecule has 1 aromatic heterocycles. The first-order valence-corrected chi connectivity index (χ1v) is 7.99. The number of hydrogen-bond acceptors (Lipinski definition) is 4. The van der Waals surface area contributed by atoms with E-state index >= 15 is 0 Å². The predicted molar refractivity (Wildman–Crippen MR) is 103 cm³/mol. The molecule has 1 fully saturated rings. The van der Waals surface area contributed by atoms with Crippen LogP contribution >= 0.6 is 24.8 Å². The van der Waals surface area contributed by atoms with E-state index in [1.807, 2.05) is 35.0 Å². The van der Waals surface area contributed by atoms with Gasteiger partial charge in [0.25, 0.3) is 0 Å². The van der Waals surface area contributed by atoms with E-state index in [0.29, 0.717) is 31.1 Å². The fraction of sp³-hybridized carbons (Fsp3) is 0.412. The lowest BCUT2D eigenvalue weighted by Crippen LogP contribution is -2.29. The summed E-state index contributed by atoms with van der Waals surface area (Å²) in [5, 5.41) is 6.09. The Bertz CT molecular complexity index is 633. The van der Waals surface area contributed by atoms with Crippen LogP contribution in [0.2, 0.25) is 0 Å². The SMILES string of the molecule is Cl.Cl.O=C(CNCC1CC1)Nc1ccccc1OCCn1ccnc1. The van der Waals surface area contributed by atoms with Crippen LogP contribution in [0, 0.1) is 5.92 Å². The zero-order valence-corrected chi connectivity index (χ0v) is 15.5. The van der Waals surface area contributed by atoms with Crippen molar-refractivity contribution in [3.63, 3.8) is 0 Å². The minimum Gasteiger partial charge on any atom is -0.490 e. The van der Waals surface area contributed by atoms with Crippen molar-refractivity contribution in [2.45, 2.75) is 19.4 Å². The topological polar surface area (TPSA) is 68.2 Å². The average molecular weight is 387 g/mol. The summed E-state index contributed by atoms with van der Waals surface area (Å²) in [6.45, 7) is 2.49. The van der Waals surface area contributed by atoms with E-state index in [2.05, 4.69) is 15.6 Å². The van der Waals surface area contributed by atoms with E-state index in [4.69, 9.17) is 4.74 Å². The highest BCUT2D eigenvalue weighted by molar-refractivity contribution is 5.93. The molecule has 2 aromatic rings. The molecule has 0 radical (unpaired) electrons. The van der Waals surface area contributed by atoms with Gasteiger partial charge in [0.15, 0.2) is 0 Å². The van der Waals surface area contributed by atoms with Gasteiger partial charge in [0.05, 0.1) is 25.1 Å². The summed E-state index contributed by atoms with van der Waals surface area (Å²) < 4.78 is 7.73. The van der Waals surface area contributed by atoms with Gasteiger partial charge in [-0.25, -0.2) is 4.98 Å². The molecule has 25 heavy (non-hydrogen) atoms. The van der Waals surface area contributed by atoms with Crippen molar-refractivity contribution in [2.24, 2.45) is 5.92 Å². The number of nitrogens with one attached hydrogen (secondary N) is 2. The molecule has 1 aromatic carbocycles. The number of ether oxygens (including phenoxy) is 1. The summed E-state index contributed by atoms with van der Waals surface area (Å²) in [5.74, 6) is 1.40. The Balaban J connectivity index is 0.00000156. The highest BCUT2D eigenvalue weighted by Gasteiger charge is 2.20. The molecule has 0 saturated heterocycles. The Kier molecular flexibility index (Phi) is 9.34. The van der Waals surface area contributed by atoms with Gasteiger partial charge in [-0.3, -0.25) is 4.79 Å². The van der Waals surface area contributed by atoms with Crippen LogP contribution in [0.25, 0.3) is 0 Å². The second-order valence-electron chi connectivity index (χ2n) is 5.77. The Morgan fingerprint density at radius 1 is 1.28 bits per heavy atom. The van der Waals surface area contributed by atoms with Crippen molar-refractivity contribution in [1.29, 1.82) is 0 Å². The standard InChI is InChI=1S/C17H22N4O2.2ClH/c22-17(12-19-11-14-5-6-14)20-15-3-1-2-4-16(15)23-10-9-21-8-7-18-13-21;;/h1-4,7-8,13-14,19H,5-6,9-12H2,(H,20,22);2*1H. The van der Waals surface area contributed by atoms with Crippen LogP contribution in [-0.4, -0.2) is 35.2 Å². The minimum absolute atomic E-state index is 0. The number of para-hydroxylation sites is 2. The maximum absolute atomic E-state index is 12.0. The molecule has 0 spiro atoms. The quantitative estimate of drug-likeness (QED) is 0.694. The molecule has 6 nitrogen and oxygen atoms in total. The summed E-state index contributed by atoms with van der Waals surface area (Å²) in [5.41, 5.74) is 0.705. The van der Waals surface area contributed by atoms with Gasteiger partial charge in [-0.15, -0.1) is 24.8 Å². The number of anilines is 1. The number of hydrogen-bond donors (Lipinski definition) is 2. The number of carbonyl (C=O) groups excluding carboxylic acids is 1. The summed E-state index contributed by atoms with van der Waals surface area (Å²) in [4.78, 5) is 16.0. The van der Waals surface area contributed by atoms with Crippen molar-refractivity contribution in [1.82, 2.24) is 14.9 Å². The fourth-order valence-corrected chi connectivity index (χ4v) is 2.28. The third-order valence-electron chi connectivity index (χ3n) is 3.74. The third-order valence-corrected chi connectivity index (χ3v) is 3.74. The van der Waals surface area contributed by atoms with E-state index in [1.54, 1.807) is 12.5 Å². The molecule has 1 heterocycles. The normalized spacial score (nSPS) is 12.6. The van der Waals surface area contributed by atoms with Crippen LogP contribution in [-0.2, 0) is 11.3 Å². The highest BCUT2D eigenvalue weighted by atomic mass is 35.5. The van der Waals surface area contributed by atoms with Crippen molar-refractivity contribution in [2.75, 3.05) is 25.0 Å². The van der Waals surface area contributed by atoms with Gasteiger partial charge in [0, 0.05) is 12.4 Å². The maximum atomic E-state index is 12.0. The number of imidazole rings is 1. The monoisotopic (exact) mass is 386 g/mol. The summed E-state index contributed by atoms with van der Waals surface area (Å²) in [6.07, 6.45) is 7.94. The number of aromatic nitrogens is 2. The van der Waals surface area contributed by atoms with E-state index in [0.717, 1.165) is 12.5 Å². The van der Waals surface area contributed by atoms with Gasteiger partial charge >= 0.3 is 0 Å². The van der Waals surface area contributed by atoms with Gasteiger partial charge in [-0.1, -0.05) is 12.1 Å².